The molecule has 122 valence electrons. The number of carbonyl (C=O) groups is 1. The Bertz CT molecular complexity index is 680. The van der Waals surface area contributed by atoms with Gasteiger partial charge in [0.2, 0.25) is 5.28 Å². The van der Waals surface area contributed by atoms with Crippen LogP contribution in [-0.4, -0.2) is 22.5 Å². The minimum absolute atomic E-state index is 0.0114. The van der Waals surface area contributed by atoms with Gasteiger partial charge in [-0.05, 0) is 42.1 Å². The molecule has 1 aromatic carbocycles. The van der Waals surface area contributed by atoms with Gasteiger partial charge >= 0.3 is 5.97 Å². The molecule has 2 aromatic rings. The summed E-state index contributed by atoms with van der Waals surface area (Å²) in [7, 11) is 0. The zero-order valence-electron chi connectivity index (χ0n) is 12.8. The van der Waals surface area contributed by atoms with E-state index in [1.165, 1.54) is 0 Å². The third-order valence-electron chi connectivity index (χ3n) is 3.24. The monoisotopic (exact) mass is 337 g/mol. The third kappa shape index (κ3) is 4.89. The van der Waals surface area contributed by atoms with E-state index in [-0.39, 0.29) is 23.0 Å². The van der Waals surface area contributed by atoms with Crippen LogP contribution in [0.1, 0.15) is 31.7 Å². The van der Waals surface area contributed by atoms with Crippen molar-refractivity contribution in [1.82, 2.24) is 9.97 Å². The minimum atomic E-state index is -0.589. The number of nitrogens with one attached hydrogen (secondary N) is 1. The van der Waals surface area contributed by atoms with E-state index < -0.39 is 5.82 Å². The highest BCUT2D eigenvalue weighted by Gasteiger charge is 2.12. The number of halogens is 2. The second-order valence-electron chi connectivity index (χ2n) is 4.99. The number of rotatable bonds is 6. The molecule has 0 saturated heterocycles. The van der Waals surface area contributed by atoms with Gasteiger partial charge in [-0.2, -0.15) is 4.98 Å². The average molecular weight is 338 g/mol. The van der Waals surface area contributed by atoms with E-state index in [4.69, 9.17) is 16.3 Å². The highest BCUT2D eigenvalue weighted by Crippen LogP contribution is 2.24. The lowest BCUT2D eigenvalue weighted by Crippen LogP contribution is -2.08. The highest BCUT2D eigenvalue weighted by atomic mass is 35.5. The quantitative estimate of drug-likeness (QED) is 0.636. The summed E-state index contributed by atoms with van der Waals surface area (Å²) in [6, 6.07) is 7.30. The lowest BCUT2D eigenvalue weighted by Gasteiger charge is -2.12. The summed E-state index contributed by atoms with van der Waals surface area (Å²) >= 11 is 5.65. The Morgan fingerprint density at radius 2 is 2.09 bits per heavy atom. The minimum Gasteiger partial charge on any atom is -0.466 e. The molecular weight excluding hydrogens is 321 g/mol. The molecule has 0 saturated carbocycles. The van der Waals surface area contributed by atoms with E-state index in [1.807, 2.05) is 19.1 Å². The molecule has 1 N–H and O–H groups in total. The first-order valence-electron chi connectivity index (χ1n) is 7.20. The van der Waals surface area contributed by atoms with Crippen LogP contribution < -0.4 is 5.32 Å². The first-order chi connectivity index (χ1) is 11.0. The smallest absolute Gasteiger partial charge is 0.306 e. The molecule has 0 aliphatic carbocycles. The van der Waals surface area contributed by atoms with E-state index in [1.54, 1.807) is 19.1 Å². The molecule has 0 fully saturated rings. The van der Waals surface area contributed by atoms with Crippen molar-refractivity contribution < 1.29 is 13.9 Å². The first-order valence-corrected chi connectivity index (χ1v) is 7.58. The zero-order valence-corrected chi connectivity index (χ0v) is 13.6. The number of hydrogen-bond acceptors (Lipinski definition) is 5. The molecule has 0 bridgehead atoms. The summed E-state index contributed by atoms with van der Waals surface area (Å²) in [6.45, 7) is 4.10. The highest BCUT2D eigenvalue weighted by molar-refractivity contribution is 6.28. The van der Waals surface area contributed by atoms with Gasteiger partial charge in [0.15, 0.2) is 11.6 Å². The van der Waals surface area contributed by atoms with E-state index in [0.717, 1.165) is 11.8 Å². The van der Waals surface area contributed by atoms with Gasteiger partial charge in [0.05, 0.1) is 19.2 Å². The fraction of sp³-hybridized carbons (Fsp3) is 0.312. The summed E-state index contributed by atoms with van der Waals surface area (Å²) in [5.74, 6) is -0.764. The Balaban J connectivity index is 2.04. The number of hydrogen-bond donors (Lipinski definition) is 1. The van der Waals surface area contributed by atoms with Gasteiger partial charge in [0.25, 0.3) is 0 Å². The van der Waals surface area contributed by atoms with Crippen molar-refractivity contribution in [2.45, 2.75) is 26.2 Å². The van der Waals surface area contributed by atoms with Crippen molar-refractivity contribution >= 4 is 29.1 Å². The Morgan fingerprint density at radius 3 is 2.74 bits per heavy atom. The number of ether oxygens (including phenoxy) is 1. The van der Waals surface area contributed by atoms with Gasteiger partial charge in [0.1, 0.15) is 0 Å². The van der Waals surface area contributed by atoms with Crippen LogP contribution in [0.15, 0.2) is 30.5 Å². The van der Waals surface area contributed by atoms with Gasteiger partial charge in [0, 0.05) is 5.69 Å². The van der Waals surface area contributed by atoms with Crippen molar-refractivity contribution in [2.24, 2.45) is 0 Å². The van der Waals surface area contributed by atoms with Crippen LogP contribution in [0.2, 0.25) is 5.28 Å². The van der Waals surface area contributed by atoms with Crippen molar-refractivity contribution in [3.8, 4) is 0 Å². The van der Waals surface area contributed by atoms with Crippen molar-refractivity contribution in [3.63, 3.8) is 0 Å². The number of anilines is 2. The molecule has 2 rings (SSSR count). The van der Waals surface area contributed by atoms with E-state index in [9.17, 15) is 9.18 Å². The lowest BCUT2D eigenvalue weighted by molar-refractivity contribution is -0.143. The molecule has 0 radical (unpaired) electrons. The van der Waals surface area contributed by atoms with E-state index >= 15 is 0 Å². The summed E-state index contributed by atoms with van der Waals surface area (Å²) in [5.41, 5.74) is 1.65. The number of esters is 1. The maximum Gasteiger partial charge on any atom is 0.306 e. The summed E-state index contributed by atoms with van der Waals surface area (Å²) in [4.78, 5) is 18.9. The van der Waals surface area contributed by atoms with Crippen LogP contribution in [0.4, 0.5) is 15.9 Å². The molecule has 0 aliphatic heterocycles. The normalized spacial score (nSPS) is 11.8. The molecule has 1 atom stereocenters. The average Bonchev–Trinajstić information content (AvgIpc) is 2.52. The number of nitrogens with zero attached hydrogens (tertiary/aromatic N) is 2. The van der Waals surface area contributed by atoms with Crippen LogP contribution in [0, 0.1) is 5.82 Å². The molecule has 1 aromatic heterocycles. The second kappa shape index (κ2) is 7.87. The van der Waals surface area contributed by atoms with Crippen LogP contribution in [0.5, 0.6) is 0 Å². The fourth-order valence-electron chi connectivity index (χ4n) is 2.05. The molecular formula is C16H17ClFN3O2. The molecule has 0 aliphatic rings. The third-order valence-corrected chi connectivity index (χ3v) is 3.42. The van der Waals surface area contributed by atoms with E-state index in [0.29, 0.717) is 18.7 Å². The molecule has 1 heterocycles. The maximum absolute atomic E-state index is 13.6. The molecule has 0 spiro atoms. The number of benzene rings is 1. The molecule has 1 unspecified atom stereocenters. The molecule has 7 heteroatoms. The first kappa shape index (κ1) is 17.1. The standard InChI is InChI=1S/C16H17ClFN3O2/c1-3-23-14(22)8-10(2)11-4-6-12(7-5-11)20-15-13(18)9-19-16(17)21-15/h4-7,9-10H,3,8H2,1-2H3,(H,19,20,21). The maximum atomic E-state index is 13.6. The predicted octanol–water partition coefficient (Wildman–Crippen LogP) is 4.07. The van der Waals surface area contributed by atoms with Crippen molar-refractivity contribution in [2.75, 3.05) is 11.9 Å². The number of carbonyl (C=O) groups excluding carboxylic acids is 1. The Hall–Kier alpha value is -2.21. The van der Waals surface area contributed by atoms with Gasteiger partial charge in [-0.15, -0.1) is 0 Å². The van der Waals surface area contributed by atoms with Crippen molar-refractivity contribution in [1.29, 1.82) is 0 Å². The molecule has 5 nitrogen and oxygen atoms in total. The zero-order chi connectivity index (χ0) is 16.8. The van der Waals surface area contributed by atoms with Crippen LogP contribution >= 0.6 is 11.6 Å². The Morgan fingerprint density at radius 1 is 1.39 bits per heavy atom. The van der Waals surface area contributed by atoms with Gasteiger partial charge < -0.3 is 10.1 Å². The molecule has 0 amide bonds. The van der Waals surface area contributed by atoms with Gasteiger partial charge in [-0.3, -0.25) is 4.79 Å². The van der Waals surface area contributed by atoms with Crippen molar-refractivity contribution in [3.05, 3.63) is 47.1 Å². The number of aromatic nitrogens is 2. The van der Waals surface area contributed by atoms with E-state index in [2.05, 4.69) is 15.3 Å². The summed E-state index contributed by atoms with van der Waals surface area (Å²) < 4.78 is 18.5. The van der Waals surface area contributed by atoms with Crippen LogP contribution in [-0.2, 0) is 9.53 Å². The lowest BCUT2D eigenvalue weighted by atomic mass is 9.98. The molecule has 23 heavy (non-hydrogen) atoms. The topological polar surface area (TPSA) is 64.1 Å². The fourth-order valence-corrected chi connectivity index (χ4v) is 2.19. The largest absolute Gasteiger partial charge is 0.466 e. The second-order valence-corrected chi connectivity index (χ2v) is 5.33. The SMILES string of the molecule is CCOC(=O)CC(C)c1ccc(Nc2nc(Cl)ncc2F)cc1. The summed E-state index contributed by atoms with van der Waals surface area (Å²) in [5, 5.41) is 2.80. The Kier molecular flexibility index (Phi) is 5.87. The van der Waals surface area contributed by atoms with Gasteiger partial charge in [-0.25, -0.2) is 9.37 Å². The summed E-state index contributed by atoms with van der Waals surface area (Å²) in [6.07, 6.45) is 1.32. The van der Waals surface area contributed by atoms with Crippen LogP contribution in [0.25, 0.3) is 0 Å². The van der Waals surface area contributed by atoms with Crippen LogP contribution in [0.3, 0.4) is 0 Å². The Labute approximate surface area is 138 Å². The predicted molar refractivity (Wildman–Crippen MR) is 86.4 cm³/mol. The van der Waals surface area contributed by atoms with Gasteiger partial charge in [-0.1, -0.05) is 19.1 Å².